The molecule has 0 rings (SSSR count). The first-order chi connectivity index (χ1) is 4.18. The second-order valence-electron chi connectivity index (χ2n) is 2.89. The third-order valence-electron chi connectivity index (χ3n) is 1.83. The van der Waals surface area contributed by atoms with Crippen LogP contribution in [0.3, 0.4) is 0 Å². The number of halogens is 1. The van der Waals surface area contributed by atoms with E-state index in [1.807, 2.05) is 0 Å². The molecular weight excluding hydrogens is 117 g/mol. The summed E-state index contributed by atoms with van der Waals surface area (Å²) in [4.78, 5) is 0. The van der Waals surface area contributed by atoms with Crippen LogP contribution in [0.2, 0.25) is 0 Å². The molecule has 0 saturated carbocycles. The van der Waals surface area contributed by atoms with Crippen LogP contribution in [0, 0.1) is 11.8 Å². The summed E-state index contributed by atoms with van der Waals surface area (Å²) >= 11 is 0. The van der Waals surface area contributed by atoms with Crippen molar-refractivity contribution in [1.29, 1.82) is 0 Å². The zero-order valence-electron chi connectivity index (χ0n) is 6.45. The number of hydrogen-bond donors (Lipinski definition) is 1. The minimum atomic E-state index is 0.485. The zero-order chi connectivity index (χ0) is 7.28. The Bertz CT molecular complexity index is 63.9. The smallest absolute Gasteiger partial charge is 0.0262 e. The normalized spacial score (nSPS) is 14.3. The molecule has 9 heavy (non-hydrogen) atoms. The van der Waals surface area contributed by atoms with Crippen LogP contribution >= 0.6 is 0 Å². The molecule has 1 unspecified atom stereocenters. The molecule has 1 N–H and O–H groups in total. The topological polar surface area (TPSA) is 12.0 Å². The van der Waals surface area contributed by atoms with Gasteiger partial charge in [-0.15, -0.1) is 4.48 Å². The lowest BCUT2D eigenvalue weighted by Crippen LogP contribution is -2.11. The van der Waals surface area contributed by atoms with Crippen molar-refractivity contribution in [3.05, 3.63) is 0 Å². The molecule has 0 spiro atoms. The van der Waals surface area contributed by atoms with Gasteiger partial charge in [-0.1, -0.05) is 20.8 Å². The molecule has 2 heteroatoms. The average molecular weight is 133 g/mol. The van der Waals surface area contributed by atoms with E-state index >= 15 is 0 Å². The van der Waals surface area contributed by atoms with Gasteiger partial charge in [0, 0.05) is 6.54 Å². The molecule has 0 aliphatic carbocycles. The molecule has 1 nitrogen and oxygen atoms in total. The van der Waals surface area contributed by atoms with Gasteiger partial charge in [-0.3, -0.25) is 0 Å². The second-order valence-corrected chi connectivity index (χ2v) is 2.89. The van der Waals surface area contributed by atoms with E-state index in [0.29, 0.717) is 18.4 Å². The molecule has 0 radical (unpaired) electrons. The van der Waals surface area contributed by atoms with Crippen molar-refractivity contribution < 1.29 is 4.48 Å². The lowest BCUT2D eigenvalue weighted by atomic mass is 9.95. The molecule has 0 aromatic carbocycles. The van der Waals surface area contributed by atoms with Gasteiger partial charge in [0.2, 0.25) is 0 Å². The van der Waals surface area contributed by atoms with Crippen molar-refractivity contribution in [2.75, 3.05) is 6.54 Å². The molecular formula is C7H16FN. The van der Waals surface area contributed by atoms with Gasteiger partial charge in [-0.2, -0.15) is 5.54 Å². The molecule has 56 valence electrons. The first-order valence-electron chi connectivity index (χ1n) is 3.52. The van der Waals surface area contributed by atoms with E-state index in [4.69, 9.17) is 0 Å². The third-order valence-corrected chi connectivity index (χ3v) is 1.83. The highest BCUT2D eigenvalue weighted by Crippen LogP contribution is 2.12. The Kier molecular flexibility index (Phi) is 4.68. The molecule has 0 bridgehead atoms. The molecule has 0 aromatic rings. The Morgan fingerprint density at radius 2 is 1.89 bits per heavy atom. The molecule has 0 heterocycles. The highest BCUT2D eigenvalue weighted by Gasteiger charge is 2.04. The summed E-state index contributed by atoms with van der Waals surface area (Å²) < 4.78 is 11.4. The van der Waals surface area contributed by atoms with E-state index in [1.54, 1.807) is 5.54 Å². The molecule has 0 aliphatic heterocycles. The maximum Gasteiger partial charge on any atom is 0.0262 e. The summed E-state index contributed by atoms with van der Waals surface area (Å²) in [6, 6.07) is 0. The summed E-state index contributed by atoms with van der Waals surface area (Å²) in [7, 11) is 0. The Hall–Kier alpha value is -0.110. The van der Waals surface area contributed by atoms with E-state index in [1.165, 1.54) is 0 Å². The van der Waals surface area contributed by atoms with Crippen LogP contribution in [-0.2, 0) is 0 Å². The zero-order valence-corrected chi connectivity index (χ0v) is 6.45. The molecule has 0 fully saturated rings. The summed E-state index contributed by atoms with van der Waals surface area (Å²) in [5.74, 6) is 1.28. The quantitative estimate of drug-likeness (QED) is 0.579. The van der Waals surface area contributed by atoms with Gasteiger partial charge in [0.25, 0.3) is 0 Å². The monoisotopic (exact) mass is 133 g/mol. The van der Waals surface area contributed by atoms with Gasteiger partial charge in [-0.05, 0) is 18.3 Å². The maximum absolute atomic E-state index is 11.4. The Morgan fingerprint density at radius 3 is 2.22 bits per heavy atom. The fourth-order valence-corrected chi connectivity index (χ4v) is 0.616. The predicted molar refractivity (Wildman–Crippen MR) is 37.7 cm³/mol. The van der Waals surface area contributed by atoms with Crippen LogP contribution in [0.5, 0.6) is 0 Å². The Labute approximate surface area is 56.6 Å². The van der Waals surface area contributed by atoms with E-state index < -0.39 is 0 Å². The predicted octanol–water partition coefficient (Wildman–Crippen LogP) is 2.14. The Balaban J connectivity index is 3.16. The van der Waals surface area contributed by atoms with E-state index in [2.05, 4.69) is 20.8 Å². The van der Waals surface area contributed by atoms with Crippen molar-refractivity contribution >= 4 is 0 Å². The van der Waals surface area contributed by atoms with Crippen molar-refractivity contribution in [2.45, 2.75) is 27.2 Å². The first-order valence-corrected chi connectivity index (χ1v) is 3.52. The van der Waals surface area contributed by atoms with Crippen LogP contribution in [0.15, 0.2) is 0 Å². The van der Waals surface area contributed by atoms with Crippen molar-refractivity contribution in [3.63, 3.8) is 0 Å². The van der Waals surface area contributed by atoms with Crippen molar-refractivity contribution in [2.24, 2.45) is 11.8 Å². The summed E-state index contributed by atoms with van der Waals surface area (Å²) in [6.07, 6.45) is 0.925. The van der Waals surface area contributed by atoms with Crippen LogP contribution in [0.25, 0.3) is 0 Å². The highest BCUT2D eigenvalue weighted by molar-refractivity contribution is 4.56. The lowest BCUT2D eigenvalue weighted by molar-refractivity contribution is 0.293. The van der Waals surface area contributed by atoms with Gasteiger partial charge in [0.15, 0.2) is 0 Å². The number of nitrogens with one attached hydrogen (secondary N) is 1. The SMILES string of the molecule is CC(C)C(C)CCNF. The minimum absolute atomic E-state index is 0.485. The van der Waals surface area contributed by atoms with Crippen molar-refractivity contribution in [3.8, 4) is 0 Å². The first kappa shape index (κ1) is 8.89. The Morgan fingerprint density at radius 1 is 1.33 bits per heavy atom. The fourth-order valence-electron chi connectivity index (χ4n) is 0.616. The van der Waals surface area contributed by atoms with Crippen LogP contribution in [-0.4, -0.2) is 6.54 Å². The van der Waals surface area contributed by atoms with Gasteiger partial charge in [-0.25, -0.2) is 0 Å². The molecule has 0 amide bonds. The summed E-state index contributed by atoms with van der Waals surface area (Å²) in [5, 5.41) is 0. The lowest BCUT2D eigenvalue weighted by Gasteiger charge is -2.13. The highest BCUT2D eigenvalue weighted by atomic mass is 19.2. The molecule has 0 aromatic heterocycles. The van der Waals surface area contributed by atoms with Crippen LogP contribution in [0.4, 0.5) is 4.48 Å². The van der Waals surface area contributed by atoms with E-state index in [0.717, 1.165) is 6.42 Å². The number of hydrogen-bond acceptors (Lipinski definition) is 1. The standard InChI is InChI=1S/C7H16FN/c1-6(2)7(3)4-5-9-8/h6-7,9H,4-5H2,1-3H3. The maximum atomic E-state index is 11.4. The van der Waals surface area contributed by atoms with E-state index in [-0.39, 0.29) is 0 Å². The van der Waals surface area contributed by atoms with E-state index in [9.17, 15) is 4.48 Å². The fraction of sp³-hybridized carbons (Fsp3) is 1.00. The number of rotatable bonds is 4. The summed E-state index contributed by atoms with van der Waals surface area (Å²) in [6.45, 7) is 6.94. The average Bonchev–Trinajstić information content (AvgIpc) is 1.82. The van der Waals surface area contributed by atoms with Gasteiger partial charge in [0.05, 0.1) is 0 Å². The van der Waals surface area contributed by atoms with Crippen molar-refractivity contribution in [1.82, 2.24) is 5.54 Å². The third kappa shape index (κ3) is 4.40. The van der Waals surface area contributed by atoms with Gasteiger partial charge in [0.1, 0.15) is 0 Å². The minimum Gasteiger partial charge on any atom is -0.159 e. The molecule has 1 atom stereocenters. The van der Waals surface area contributed by atoms with Gasteiger partial charge >= 0.3 is 0 Å². The molecule has 0 saturated heterocycles. The summed E-state index contributed by atoms with van der Waals surface area (Å²) in [5.41, 5.74) is 1.65. The van der Waals surface area contributed by atoms with Crippen LogP contribution < -0.4 is 5.54 Å². The second kappa shape index (κ2) is 4.74. The molecule has 0 aliphatic rings. The van der Waals surface area contributed by atoms with Crippen LogP contribution in [0.1, 0.15) is 27.2 Å². The van der Waals surface area contributed by atoms with Gasteiger partial charge < -0.3 is 0 Å². The largest absolute Gasteiger partial charge is 0.159 e.